The number of amides is 1. The van der Waals surface area contributed by atoms with Gasteiger partial charge in [-0.25, -0.2) is 8.42 Å². The number of likely N-dealkylation sites (tertiary alicyclic amines) is 1. The van der Waals surface area contributed by atoms with Gasteiger partial charge in [-0.05, 0) is 38.3 Å². The largest absolute Gasteiger partial charge is 0.497 e. The average Bonchev–Trinajstić information content (AvgIpc) is 2.60. The van der Waals surface area contributed by atoms with E-state index in [0.717, 1.165) is 19.3 Å². The summed E-state index contributed by atoms with van der Waals surface area (Å²) >= 11 is 0. The number of piperidine rings is 1. The van der Waals surface area contributed by atoms with E-state index >= 15 is 0 Å². The molecule has 1 N–H and O–H groups in total. The number of carbonyl (C=O) groups is 1. The third-order valence-corrected chi connectivity index (χ3v) is 5.59. The standard InChI is InChI=1S/C16H24N2O5S/c1-12(16(19)18-9-5-4-6-10-18)17-24(20,21)15-11-13(22-2)7-8-14(15)23-3/h7-8,11-12,17H,4-6,9-10H2,1-3H3/t12-/m0/s1. The van der Waals surface area contributed by atoms with E-state index in [-0.39, 0.29) is 16.6 Å². The van der Waals surface area contributed by atoms with Crippen LogP contribution in [-0.4, -0.2) is 52.6 Å². The lowest BCUT2D eigenvalue weighted by atomic mass is 10.1. The molecular formula is C16H24N2O5S. The van der Waals surface area contributed by atoms with E-state index in [1.54, 1.807) is 17.9 Å². The van der Waals surface area contributed by atoms with Gasteiger partial charge in [-0.1, -0.05) is 0 Å². The molecule has 2 rings (SSSR count). The van der Waals surface area contributed by atoms with Crippen molar-refractivity contribution in [3.63, 3.8) is 0 Å². The van der Waals surface area contributed by atoms with Gasteiger partial charge in [0.2, 0.25) is 15.9 Å². The van der Waals surface area contributed by atoms with Crippen molar-refractivity contribution < 1.29 is 22.7 Å². The molecule has 8 heteroatoms. The topological polar surface area (TPSA) is 84.9 Å². The van der Waals surface area contributed by atoms with Crippen LogP contribution in [0.15, 0.2) is 23.1 Å². The zero-order valence-corrected chi connectivity index (χ0v) is 15.1. The van der Waals surface area contributed by atoms with Crippen molar-refractivity contribution in [1.29, 1.82) is 0 Å². The molecule has 1 fully saturated rings. The van der Waals surface area contributed by atoms with Gasteiger partial charge in [0, 0.05) is 19.2 Å². The predicted molar refractivity (Wildman–Crippen MR) is 89.8 cm³/mol. The van der Waals surface area contributed by atoms with Crippen molar-refractivity contribution in [3.8, 4) is 11.5 Å². The molecule has 7 nitrogen and oxygen atoms in total. The first-order valence-corrected chi connectivity index (χ1v) is 9.40. The molecular weight excluding hydrogens is 332 g/mol. The lowest BCUT2D eigenvalue weighted by Crippen LogP contribution is -2.48. The fourth-order valence-corrected chi connectivity index (χ4v) is 4.11. The highest BCUT2D eigenvalue weighted by Crippen LogP contribution is 2.28. The maximum absolute atomic E-state index is 12.7. The van der Waals surface area contributed by atoms with Crippen LogP contribution in [0.4, 0.5) is 0 Å². The number of sulfonamides is 1. The van der Waals surface area contributed by atoms with E-state index in [2.05, 4.69) is 4.72 Å². The van der Waals surface area contributed by atoms with Crippen LogP contribution in [0.3, 0.4) is 0 Å². The van der Waals surface area contributed by atoms with Crippen LogP contribution in [0.5, 0.6) is 11.5 Å². The number of hydrogen-bond acceptors (Lipinski definition) is 5. The van der Waals surface area contributed by atoms with E-state index in [0.29, 0.717) is 18.8 Å². The summed E-state index contributed by atoms with van der Waals surface area (Å²) in [5, 5.41) is 0. The second-order valence-corrected chi connectivity index (χ2v) is 7.43. The molecule has 1 aromatic carbocycles. The van der Waals surface area contributed by atoms with Crippen molar-refractivity contribution in [3.05, 3.63) is 18.2 Å². The van der Waals surface area contributed by atoms with Crippen molar-refractivity contribution in [2.24, 2.45) is 0 Å². The molecule has 0 saturated carbocycles. The van der Waals surface area contributed by atoms with E-state index in [4.69, 9.17) is 9.47 Å². The first-order valence-electron chi connectivity index (χ1n) is 7.92. The molecule has 0 radical (unpaired) electrons. The van der Waals surface area contributed by atoms with Crippen LogP contribution < -0.4 is 14.2 Å². The quantitative estimate of drug-likeness (QED) is 0.832. The summed E-state index contributed by atoms with van der Waals surface area (Å²) in [6.07, 6.45) is 3.01. The second-order valence-electron chi connectivity index (χ2n) is 5.75. The summed E-state index contributed by atoms with van der Waals surface area (Å²) in [5.74, 6) is 0.382. The third-order valence-electron chi connectivity index (χ3n) is 4.03. The Balaban J connectivity index is 2.19. The summed E-state index contributed by atoms with van der Waals surface area (Å²) in [4.78, 5) is 14.1. The Morgan fingerprint density at radius 1 is 1.17 bits per heavy atom. The summed E-state index contributed by atoms with van der Waals surface area (Å²) in [7, 11) is -1.08. The van der Waals surface area contributed by atoms with E-state index in [1.807, 2.05) is 0 Å². The van der Waals surface area contributed by atoms with Gasteiger partial charge in [-0.2, -0.15) is 4.72 Å². The molecule has 0 aromatic heterocycles. The molecule has 1 amide bonds. The predicted octanol–water partition coefficient (Wildman–Crippen LogP) is 1.38. The fraction of sp³-hybridized carbons (Fsp3) is 0.562. The first kappa shape index (κ1) is 18.5. The summed E-state index contributed by atoms with van der Waals surface area (Å²) < 4.78 is 38.0. The minimum absolute atomic E-state index is 0.0531. The minimum Gasteiger partial charge on any atom is -0.497 e. The molecule has 1 aromatic rings. The number of benzene rings is 1. The van der Waals surface area contributed by atoms with Crippen molar-refractivity contribution in [2.75, 3.05) is 27.3 Å². The zero-order valence-electron chi connectivity index (χ0n) is 14.2. The molecule has 1 saturated heterocycles. The van der Waals surface area contributed by atoms with Gasteiger partial charge in [0.25, 0.3) is 0 Å². The number of methoxy groups -OCH3 is 2. The van der Waals surface area contributed by atoms with Crippen molar-refractivity contribution in [1.82, 2.24) is 9.62 Å². The number of carbonyl (C=O) groups excluding carboxylic acids is 1. The van der Waals surface area contributed by atoms with E-state index in [1.165, 1.54) is 26.4 Å². The van der Waals surface area contributed by atoms with Crippen LogP contribution >= 0.6 is 0 Å². The number of rotatable bonds is 6. The lowest BCUT2D eigenvalue weighted by molar-refractivity contribution is -0.133. The van der Waals surface area contributed by atoms with Gasteiger partial charge in [-0.3, -0.25) is 4.79 Å². The maximum Gasteiger partial charge on any atom is 0.245 e. The van der Waals surface area contributed by atoms with Gasteiger partial charge < -0.3 is 14.4 Å². The average molecular weight is 356 g/mol. The van der Waals surface area contributed by atoms with Gasteiger partial charge in [0.05, 0.1) is 20.3 Å². The normalized spacial score (nSPS) is 16.5. The van der Waals surface area contributed by atoms with Crippen LogP contribution in [0.25, 0.3) is 0 Å². The van der Waals surface area contributed by atoms with Gasteiger partial charge in [0.1, 0.15) is 16.4 Å². The number of ether oxygens (including phenoxy) is 2. The van der Waals surface area contributed by atoms with Crippen LogP contribution in [-0.2, 0) is 14.8 Å². The summed E-state index contributed by atoms with van der Waals surface area (Å²) in [6.45, 7) is 2.90. The molecule has 0 aliphatic carbocycles. The van der Waals surface area contributed by atoms with Gasteiger partial charge >= 0.3 is 0 Å². The minimum atomic E-state index is -3.92. The molecule has 134 valence electrons. The molecule has 0 spiro atoms. The SMILES string of the molecule is COc1ccc(OC)c(S(=O)(=O)N[C@@H](C)C(=O)N2CCCCC2)c1. The van der Waals surface area contributed by atoms with Crippen LogP contribution in [0.2, 0.25) is 0 Å². The lowest BCUT2D eigenvalue weighted by Gasteiger charge is -2.29. The second kappa shape index (κ2) is 7.85. The Morgan fingerprint density at radius 3 is 2.42 bits per heavy atom. The Kier molecular flexibility index (Phi) is 6.06. The third kappa shape index (κ3) is 4.18. The number of nitrogens with one attached hydrogen (secondary N) is 1. The molecule has 1 heterocycles. The fourth-order valence-electron chi connectivity index (χ4n) is 2.73. The van der Waals surface area contributed by atoms with Crippen molar-refractivity contribution in [2.45, 2.75) is 37.1 Å². The highest BCUT2D eigenvalue weighted by Gasteiger charge is 2.28. The molecule has 24 heavy (non-hydrogen) atoms. The molecule has 0 bridgehead atoms. The van der Waals surface area contributed by atoms with E-state index in [9.17, 15) is 13.2 Å². The monoisotopic (exact) mass is 356 g/mol. The molecule has 1 aliphatic rings. The maximum atomic E-state index is 12.7. The highest BCUT2D eigenvalue weighted by molar-refractivity contribution is 7.89. The van der Waals surface area contributed by atoms with Crippen LogP contribution in [0.1, 0.15) is 26.2 Å². The molecule has 1 aliphatic heterocycles. The highest BCUT2D eigenvalue weighted by atomic mass is 32.2. The Morgan fingerprint density at radius 2 is 1.83 bits per heavy atom. The Labute approximate surface area is 143 Å². The summed E-state index contributed by atoms with van der Waals surface area (Å²) in [6, 6.07) is 3.66. The molecule has 1 atom stereocenters. The van der Waals surface area contributed by atoms with Gasteiger partial charge in [0.15, 0.2) is 0 Å². The number of hydrogen-bond donors (Lipinski definition) is 1. The molecule has 0 unspecified atom stereocenters. The van der Waals surface area contributed by atoms with Crippen molar-refractivity contribution >= 4 is 15.9 Å². The zero-order chi connectivity index (χ0) is 17.7. The summed E-state index contributed by atoms with van der Waals surface area (Å²) in [5.41, 5.74) is 0. The Bertz CT molecular complexity index is 684. The Hall–Kier alpha value is -1.80. The number of nitrogens with zero attached hydrogens (tertiary/aromatic N) is 1. The smallest absolute Gasteiger partial charge is 0.245 e. The van der Waals surface area contributed by atoms with Gasteiger partial charge in [-0.15, -0.1) is 0 Å². The van der Waals surface area contributed by atoms with Crippen LogP contribution in [0, 0.1) is 0 Å². The van der Waals surface area contributed by atoms with E-state index < -0.39 is 16.1 Å². The first-order chi connectivity index (χ1) is 11.4.